The number of amides is 1. The number of nitrogens with zero attached hydrogens (tertiary/aromatic N) is 1. The first-order valence-electron chi connectivity index (χ1n) is 6.67. The summed E-state index contributed by atoms with van der Waals surface area (Å²) in [6, 6.07) is 0. The molecule has 0 spiro atoms. The number of carboxylic acid groups (broad SMARTS) is 1. The number of hydrogen-bond acceptors (Lipinski definition) is 5. The number of rotatable bonds is 11. The van der Waals surface area contributed by atoms with E-state index in [0.29, 0.717) is 12.8 Å². The molecule has 1 atom stereocenters. The molecule has 4 N–H and O–H groups in total. The molecule has 0 radical (unpaired) electrons. The van der Waals surface area contributed by atoms with Crippen molar-refractivity contribution in [1.82, 2.24) is 10.2 Å². The van der Waals surface area contributed by atoms with Gasteiger partial charge in [0.15, 0.2) is 0 Å². The summed E-state index contributed by atoms with van der Waals surface area (Å²) in [6.07, 6.45) is 4.65. The minimum atomic E-state index is -1.24. The lowest BCUT2D eigenvalue weighted by Gasteiger charge is -2.24. The number of aliphatic carboxylic acids is 1. The Bertz CT molecular complexity index is 320. The molecule has 0 aliphatic carbocycles. The van der Waals surface area contributed by atoms with Gasteiger partial charge in [0.1, 0.15) is 6.23 Å². The van der Waals surface area contributed by atoms with E-state index in [1.54, 1.807) is 0 Å². The topological polar surface area (TPSA) is 110 Å². The van der Waals surface area contributed by atoms with E-state index < -0.39 is 25.3 Å². The Morgan fingerprint density at radius 3 is 2.60 bits per heavy atom. The van der Waals surface area contributed by atoms with Crippen molar-refractivity contribution in [1.29, 1.82) is 0 Å². The van der Waals surface area contributed by atoms with E-state index in [-0.39, 0.29) is 19.0 Å². The van der Waals surface area contributed by atoms with Crippen molar-refractivity contribution in [2.24, 2.45) is 0 Å². The quantitative estimate of drug-likeness (QED) is 0.303. The molecule has 0 aliphatic rings. The van der Waals surface area contributed by atoms with Crippen molar-refractivity contribution >= 4 is 11.9 Å². The number of carbonyl (C=O) groups is 2. The van der Waals surface area contributed by atoms with Gasteiger partial charge in [0.25, 0.3) is 0 Å². The zero-order valence-corrected chi connectivity index (χ0v) is 11.8. The Morgan fingerprint density at radius 2 is 2.05 bits per heavy atom. The molecule has 0 rings (SSSR count). The fourth-order valence-corrected chi connectivity index (χ4v) is 1.55. The summed E-state index contributed by atoms with van der Waals surface area (Å²) in [5.74, 6) is -1.23. The van der Waals surface area contributed by atoms with Crippen LogP contribution >= 0.6 is 0 Å². The molecular weight excluding hydrogens is 264 g/mol. The molecule has 0 aromatic heterocycles. The normalized spacial score (nSPS) is 12.8. The van der Waals surface area contributed by atoms with Gasteiger partial charge in [-0.05, 0) is 12.8 Å². The fourth-order valence-electron chi connectivity index (χ4n) is 1.55. The van der Waals surface area contributed by atoms with Gasteiger partial charge < -0.3 is 20.6 Å². The minimum absolute atomic E-state index is 0.125. The number of carboxylic acids is 1. The van der Waals surface area contributed by atoms with E-state index in [2.05, 4.69) is 5.32 Å². The summed E-state index contributed by atoms with van der Waals surface area (Å²) < 4.78 is 0. The molecule has 116 valence electrons. The van der Waals surface area contributed by atoms with E-state index in [1.807, 2.05) is 19.1 Å². The predicted molar refractivity (Wildman–Crippen MR) is 74.0 cm³/mol. The van der Waals surface area contributed by atoms with Gasteiger partial charge in [0.05, 0.1) is 13.2 Å². The highest BCUT2D eigenvalue weighted by Crippen LogP contribution is 1.96. The first kappa shape index (κ1) is 18.6. The molecule has 0 aromatic rings. The molecule has 0 aromatic carbocycles. The van der Waals surface area contributed by atoms with Crippen LogP contribution in [0.3, 0.4) is 0 Å². The highest BCUT2D eigenvalue weighted by molar-refractivity contribution is 5.76. The fraction of sp³-hybridized carbons (Fsp3) is 0.692. The number of nitrogens with one attached hydrogen (secondary N) is 1. The Hall–Kier alpha value is -1.44. The average Bonchev–Trinajstić information content (AvgIpc) is 2.41. The molecule has 1 amide bonds. The molecule has 20 heavy (non-hydrogen) atoms. The van der Waals surface area contributed by atoms with Gasteiger partial charge in [0, 0.05) is 19.5 Å². The van der Waals surface area contributed by atoms with Gasteiger partial charge in [-0.15, -0.1) is 0 Å². The maximum absolute atomic E-state index is 11.5. The Labute approximate surface area is 118 Å². The van der Waals surface area contributed by atoms with Crippen LogP contribution < -0.4 is 5.32 Å². The smallest absolute Gasteiger partial charge is 0.317 e. The second kappa shape index (κ2) is 11.4. The molecule has 1 unspecified atom stereocenters. The van der Waals surface area contributed by atoms with E-state index in [0.717, 1.165) is 6.42 Å². The van der Waals surface area contributed by atoms with Crippen molar-refractivity contribution in [3.63, 3.8) is 0 Å². The van der Waals surface area contributed by atoms with E-state index in [1.165, 1.54) is 4.90 Å². The molecule has 0 saturated carbocycles. The molecule has 0 saturated heterocycles. The maximum Gasteiger partial charge on any atom is 0.317 e. The number of aliphatic hydroxyl groups is 2. The van der Waals surface area contributed by atoms with E-state index in [9.17, 15) is 14.7 Å². The summed E-state index contributed by atoms with van der Waals surface area (Å²) in [5.41, 5.74) is 0. The third-order valence-electron chi connectivity index (χ3n) is 2.58. The molecule has 7 nitrogen and oxygen atoms in total. The van der Waals surface area contributed by atoms with Crippen LogP contribution in [-0.2, 0) is 9.59 Å². The number of aliphatic hydroxyl groups excluding tert-OH is 2. The van der Waals surface area contributed by atoms with Crippen molar-refractivity contribution in [3.05, 3.63) is 12.2 Å². The van der Waals surface area contributed by atoms with Crippen molar-refractivity contribution in [2.75, 3.05) is 26.2 Å². The Kier molecular flexibility index (Phi) is 10.6. The first-order chi connectivity index (χ1) is 9.51. The van der Waals surface area contributed by atoms with Crippen LogP contribution in [0.25, 0.3) is 0 Å². The highest BCUT2D eigenvalue weighted by Gasteiger charge is 2.17. The van der Waals surface area contributed by atoms with Gasteiger partial charge in [-0.3, -0.25) is 14.5 Å². The second-order valence-electron chi connectivity index (χ2n) is 4.30. The van der Waals surface area contributed by atoms with Crippen molar-refractivity contribution in [3.8, 4) is 0 Å². The molecule has 0 aliphatic heterocycles. The zero-order valence-electron chi connectivity index (χ0n) is 11.8. The molecule has 7 heteroatoms. The van der Waals surface area contributed by atoms with Gasteiger partial charge in [-0.25, -0.2) is 0 Å². The first-order valence-corrected chi connectivity index (χ1v) is 6.67. The zero-order chi connectivity index (χ0) is 15.4. The lowest BCUT2D eigenvalue weighted by Crippen LogP contribution is -2.45. The average molecular weight is 288 g/mol. The van der Waals surface area contributed by atoms with Crippen LogP contribution in [0.5, 0.6) is 0 Å². The monoisotopic (exact) mass is 288 g/mol. The van der Waals surface area contributed by atoms with E-state index in [4.69, 9.17) is 10.2 Å². The lowest BCUT2D eigenvalue weighted by atomic mass is 10.2. The molecule has 0 fully saturated rings. The van der Waals surface area contributed by atoms with Gasteiger partial charge in [-0.2, -0.15) is 0 Å². The SMILES string of the molecule is CC/C=C/CCC(=O)NCCN(CC(=O)O)C(O)CO. The minimum Gasteiger partial charge on any atom is -0.480 e. The summed E-state index contributed by atoms with van der Waals surface area (Å²) in [5, 5.41) is 29.6. The van der Waals surface area contributed by atoms with Crippen LogP contribution in [0.2, 0.25) is 0 Å². The third-order valence-corrected chi connectivity index (χ3v) is 2.58. The maximum atomic E-state index is 11.5. The Balaban J connectivity index is 3.95. The van der Waals surface area contributed by atoms with Crippen LogP contribution in [0.4, 0.5) is 0 Å². The standard InChI is InChI=1S/C13H24N2O5/c1-2-3-4-5-6-11(17)14-7-8-15(9-13(19)20)12(18)10-16/h3-4,12,16,18H,2,5-10H2,1H3,(H,14,17)(H,19,20)/b4-3+. The summed E-state index contributed by atoms with van der Waals surface area (Å²) in [6.45, 7) is 1.45. The molecular formula is C13H24N2O5. The summed E-state index contributed by atoms with van der Waals surface area (Å²) >= 11 is 0. The van der Waals surface area contributed by atoms with Gasteiger partial charge >= 0.3 is 5.97 Å². The van der Waals surface area contributed by atoms with Crippen LogP contribution in [-0.4, -0.2) is 64.6 Å². The van der Waals surface area contributed by atoms with Crippen molar-refractivity contribution in [2.45, 2.75) is 32.4 Å². The third kappa shape index (κ3) is 9.48. The van der Waals surface area contributed by atoms with Gasteiger partial charge in [0.2, 0.25) is 5.91 Å². The van der Waals surface area contributed by atoms with Gasteiger partial charge in [-0.1, -0.05) is 19.1 Å². The number of hydrogen-bond donors (Lipinski definition) is 4. The van der Waals surface area contributed by atoms with Crippen LogP contribution in [0.15, 0.2) is 12.2 Å². The highest BCUT2D eigenvalue weighted by atomic mass is 16.4. The Morgan fingerprint density at radius 1 is 1.35 bits per heavy atom. The lowest BCUT2D eigenvalue weighted by molar-refractivity contribution is -0.142. The van der Waals surface area contributed by atoms with E-state index >= 15 is 0 Å². The molecule has 0 bridgehead atoms. The number of carbonyl (C=O) groups excluding carboxylic acids is 1. The molecule has 0 heterocycles. The number of allylic oxidation sites excluding steroid dienone is 2. The summed E-state index contributed by atoms with van der Waals surface area (Å²) in [4.78, 5) is 23.2. The summed E-state index contributed by atoms with van der Waals surface area (Å²) in [7, 11) is 0. The second-order valence-corrected chi connectivity index (χ2v) is 4.30. The predicted octanol–water partition coefficient (Wildman–Crippen LogP) is -0.454. The van der Waals surface area contributed by atoms with Crippen LogP contribution in [0.1, 0.15) is 26.2 Å². The van der Waals surface area contributed by atoms with Crippen LogP contribution in [0, 0.1) is 0 Å². The van der Waals surface area contributed by atoms with Crippen molar-refractivity contribution < 1.29 is 24.9 Å². The largest absolute Gasteiger partial charge is 0.480 e.